The van der Waals surface area contributed by atoms with Gasteiger partial charge in [0.1, 0.15) is 0 Å². The van der Waals surface area contributed by atoms with Crippen molar-refractivity contribution in [3.8, 4) is 0 Å². The number of nitrogens with zero attached hydrogens (tertiary/aromatic N) is 2. The van der Waals surface area contributed by atoms with Gasteiger partial charge >= 0.3 is 5.82 Å². The lowest BCUT2D eigenvalue weighted by atomic mass is 10.2. The van der Waals surface area contributed by atoms with Gasteiger partial charge in [0.2, 0.25) is 0 Å². The minimum absolute atomic E-state index is 0.0437. The van der Waals surface area contributed by atoms with E-state index >= 15 is 0 Å². The topological polar surface area (TPSA) is 105 Å². The number of carbonyl (C=O) groups excluding carboxylic acids is 1. The van der Waals surface area contributed by atoms with E-state index < -0.39 is 16.6 Å². The fraction of sp³-hybridized carbons (Fsp3) is 0.400. The highest BCUT2D eigenvalue weighted by molar-refractivity contribution is 9.10. The van der Waals surface area contributed by atoms with E-state index in [-0.39, 0.29) is 24.6 Å². The first-order valence-electron chi connectivity index (χ1n) is 5.14. The average Bonchev–Trinajstić information content (AvgIpc) is 2.35. The maximum atomic E-state index is 11.8. The van der Waals surface area contributed by atoms with Crippen molar-refractivity contribution in [3.63, 3.8) is 0 Å². The third-order valence-electron chi connectivity index (χ3n) is 2.20. The summed E-state index contributed by atoms with van der Waals surface area (Å²) in [5, 5.41) is 22.0. The monoisotopic (exact) mass is 317 g/mol. The Morgan fingerprint density at radius 1 is 1.72 bits per heavy atom. The van der Waals surface area contributed by atoms with Crippen molar-refractivity contribution in [1.29, 1.82) is 0 Å². The van der Waals surface area contributed by atoms with Crippen LogP contribution in [0.1, 0.15) is 17.3 Å². The summed E-state index contributed by atoms with van der Waals surface area (Å²) in [7, 11) is 0. The predicted molar refractivity (Wildman–Crippen MR) is 67.2 cm³/mol. The molecule has 0 aliphatic rings. The quantitative estimate of drug-likeness (QED) is 0.625. The Balaban J connectivity index is 2.84. The molecule has 1 unspecified atom stereocenters. The number of halogens is 1. The molecule has 1 heterocycles. The van der Waals surface area contributed by atoms with Gasteiger partial charge in [-0.25, -0.2) is 0 Å². The number of aliphatic hydroxyl groups excluding tert-OH is 1. The fourth-order valence-electron chi connectivity index (χ4n) is 1.13. The van der Waals surface area contributed by atoms with Gasteiger partial charge in [0.25, 0.3) is 5.91 Å². The number of carbonyl (C=O) groups is 1. The van der Waals surface area contributed by atoms with Crippen molar-refractivity contribution in [2.45, 2.75) is 6.92 Å². The number of aromatic nitrogens is 1. The Labute approximate surface area is 112 Å². The molecule has 0 bridgehead atoms. The Kier molecular flexibility index (Phi) is 5.17. The van der Waals surface area contributed by atoms with Crippen molar-refractivity contribution in [3.05, 3.63) is 32.4 Å². The molecule has 1 aromatic heterocycles. The molecule has 0 fully saturated rings. The van der Waals surface area contributed by atoms with Crippen LogP contribution in [0.2, 0.25) is 0 Å². The van der Waals surface area contributed by atoms with Gasteiger partial charge in [-0.2, -0.15) is 0 Å². The van der Waals surface area contributed by atoms with Gasteiger partial charge in [-0.05, 0) is 31.8 Å². The highest BCUT2D eigenvalue weighted by Gasteiger charge is 2.17. The van der Waals surface area contributed by atoms with E-state index in [0.717, 1.165) is 6.07 Å². The number of aliphatic hydroxyl groups is 1. The SMILES string of the molecule is CC(CO)CNC(=O)c1cc([N+](=O)[O-])ncc1Br. The van der Waals surface area contributed by atoms with Crippen molar-refractivity contribution in [1.82, 2.24) is 10.3 Å². The van der Waals surface area contributed by atoms with Crippen LogP contribution in [0.4, 0.5) is 5.82 Å². The van der Waals surface area contributed by atoms with Crippen LogP contribution < -0.4 is 5.32 Å². The molecule has 1 amide bonds. The first-order chi connectivity index (χ1) is 8.45. The van der Waals surface area contributed by atoms with Crippen LogP contribution in [-0.4, -0.2) is 34.1 Å². The Morgan fingerprint density at radius 3 is 2.94 bits per heavy atom. The number of nitro groups is 1. The van der Waals surface area contributed by atoms with E-state index in [1.807, 2.05) is 0 Å². The summed E-state index contributed by atoms with van der Waals surface area (Å²) in [6.45, 7) is 2.01. The maximum absolute atomic E-state index is 11.8. The van der Waals surface area contributed by atoms with E-state index in [1.54, 1.807) is 6.92 Å². The molecule has 98 valence electrons. The number of nitrogens with one attached hydrogen (secondary N) is 1. The summed E-state index contributed by atoms with van der Waals surface area (Å²) < 4.78 is 0.377. The van der Waals surface area contributed by atoms with Gasteiger partial charge in [-0.3, -0.25) is 4.79 Å². The molecule has 0 aliphatic carbocycles. The summed E-state index contributed by atoms with van der Waals surface area (Å²) in [6, 6.07) is 1.10. The van der Waals surface area contributed by atoms with Gasteiger partial charge in [-0.1, -0.05) is 6.92 Å². The molecular weight excluding hydrogens is 306 g/mol. The Bertz CT molecular complexity index is 466. The third-order valence-corrected chi connectivity index (χ3v) is 2.83. The number of amides is 1. The maximum Gasteiger partial charge on any atom is 0.364 e. The zero-order valence-corrected chi connectivity index (χ0v) is 11.2. The third kappa shape index (κ3) is 3.74. The Hall–Kier alpha value is -1.54. The number of hydrogen-bond donors (Lipinski definition) is 2. The van der Waals surface area contributed by atoms with Crippen LogP contribution in [0.25, 0.3) is 0 Å². The van der Waals surface area contributed by atoms with Crippen LogP contribution in [0.3, 0.4) is 0 Å². The van der Waals surface area contributed by atoms with Crippen molar-refractivity contribution in [2.24, 2.45) is 5.92 Å². The van der Waals surface area contributed by atoms with Crippen LogP contribution in [0, 0.1) is 16.0 Å². The molecule has 8 heteroatoms. The normalized spacial score (nSPS) is 11.9. The molecule has 0 saturated heterocycles. The largest absolute Gasteiger partial charge is 0.396 e. The molecule has 2 N–H and O–H groups in total. The summed E-state index contributed by atoms with van der Waals surface area (Å²) in [5.41, 5.74) is 0.141. The minimum atomic E-state index is -0.667. The van der Waals surface area contributed by atoms with E-state index in [4.69, 9.17) is 5.11 Å². The minimum Gasteiger partial charge on any atom is -0.396 e. The number of hydrogen-bond acceptors (Lipinski definition) is 5. The van der Waals surface area contributed by atoms with Gasteiger partial charge in [-0.15, -0.1) is 0 Å². The van der Waals surface area contributed by atoms with Crippen LogP contribution >= 0.6 is 15.9 Å². The van der Waals surface area contributed by atoms with Gasteiger partial charge in [0.15, 0.2) is 6.20 Å². The Morgan fingerprint density at radius 2 is 2.39 bits per heavy atom. The van der Waals surface area contributed by atoms with Gasteiger partial charge in [0, 0.05) is 19.2 Å². The van der Waals surface area contributed by atoms with E-state index in [9.17, 15) is 14.9 Å². The lowest BCUT2D eigenvalue weighted by Crippen LogP contribution is -2.29. The average molecular weight is 318 g/mol. The summed E-state index contributed by atoms with van der Waals surface area (Å²) >= 11 is 3.11. The summed E-state index contributed by atoms with van der Waals surface area (Å²) in [5.74, 6) is -0.921. The summed E-state index contributed by atoms with van der Waals surface area (Å²) in [4.78, 5) is 25.2. The van der Waals surface area contributed by atoms with Gasteiger partial charge in [0.05, 0.1) is 10.0 Å². The van der Waals surface area contributed by atoms with Crippen LogP contribution in [0.5, 0.6) is 0 Å². The second-order valence-electron chi connectivity index (χ2n) is 3.78. The van der Waals surface area contributed by atoms with Crippen LogP contribution in [0.15, 0.2) is 16.7 Å². The van der Waals surface area contributed by atoms with Crippen LogP contribution in [-0.2, 0) is 0 Å². The van der Waals surface area contributed by atoms with E-state index in [1.165, 1.54) is 6.20 Å². The lowest BCUT2D eigenvalue weighted by Gasteiger charge is -2.09. The zero-order chi connectivity index (χ0) is 13.7. The molecule has 0 aromatic carbocycles. The number of pyridine rings is 1. The molecule has 0 aliphatic heterocycles. The standard InChI is InChI=1S/C10H12BrN3O4/c1-6(5-15)3-13-10(16)7-2-9(14(17)18)12-4-8(7)11/h2,4,6,15H,3,5H2,1H3,(H,13,16). The van der Waals surface area contributed by atoms with E-state index in [0.29, 0.717) is 4.47 Å². The van der Waals surface area contributed by atoms with Crippen molar-refractivity contribution >= 4 is 27.7 Å². The molecule has 0 saturated carbocycles. The molecule has 0 radical (unpaired) electrons. The first-order valence-corrected chi connectivity index (χ1v) is 5.94. The molecule has 0 spiro atoms. The van der Waals surface area contributed by atoms with Crippen molar-refractivity contribution in [2.75, 3.05) is 13.2 Å². The van der Waals surface area contributed by atoms with E-state index in [2.05, 4.69) is 26.2 Å². The molecule has 1 rings (SSSR count). The molecule has 1 aromatic rings. The highest BCUT2D eigenvalue weighted by Crippen LogP contribution is 2.19. The summed E-state index contributed by atoms with van der Waals surface area (Å²) in [6.07, 6.45) is 1.21. The molecular formula is C10H12BrN3O4. The van der Waals surface area contributed by atoms with Crippen molar-refractivity contribution < 1.29 is 14.8 Å². The molecule has 18 heavy (non-hydrogen) atoms. The second kappa shape index (κ2) is 6.41. The fourth-order valence-corrected chi connectivity index (χ4v) is 1.53. The second-order valence-corrected chi connectivity index (χ2v) is 4.63. The van der Waals surface area contributed by atoms with Gasteiger partial charge < -0.3 is 20.5 Å². The number of rotatable bonds is 5. The smallest absolute Gasteiger partial charge is 0.364 e. The zero-order valence-electron chi connectivity index (χ0n) is 9.59. The molecule has 1 atom stereocenters. The highest BCUT2D eigenvalue weighted by atomic mass is 79.9. The lowest BCUT2D eigenvalue weighted by molar-refractivity contribution is -0.389. The first kappa shape index (κ1) is 14.5. The predicted octanol–water partition coefficient (Wildman–Crippen LogP) is 1.11. The molecule has 7 nitrogen and oxygen atoms in total.